The van der Waals surface area contributed by atoms with Crippen LogP contribution in [-0.4, -0.2) is 38.9 Å². The Labute approximate surface area is 157 Å². The van der Waals surface area contributed by atoms with Crippen LogP contribution in [0, 0.1) is 5.92 Å². The first-order valence-electron chi connectivity index (χ1n) is 8.57. The molecular formula is C18H24ClF2NO4. The molecule has 146 valence electrons. The van der Waals surface area contributed by atoms with E-state index in [4.69, 9.17) is 9.47 Å². The zero-order valence-corrected chi connectivity index (χ0v) is 15.4. The van der Waals surface area contributed by atoms with Crippen molar-refractivity contribution in [2.45, 2.75) is 44.3 Å². The molecule has 3 rings (SSSR count). The Morgan fingerprint density at radius 1 is 1.31 bits per heavy atom. The van der Waals surface area contributed by atoms with Crippen LogP contribution in [0.5, 0.6) is 11.5 Å². The summed E-state index contributed by atoms with van der Waals surface area (Å²) in [4.78, 5) is 11.4. The molecule has 2 aliphatic rings. The standard InChI is InChI=1S/C18H23F2NO4.ClH/c1-23-17(22)8-14-6-13(9-21-14)12-4-5-15(25-18(19)20)16(7-12)24-10-11-2-3-11;/h4-5,7,11,13-14,18,21H,2-3,6,8-10H2,1H3;1H/t13?,14-;/m0./s1. The van der Waals surface area contributed by atoms with Crippen LogP contribution in [-0.2, 0) is 9.53 Å². The van der Waals surface area contributed by atoms with E-state index in [1.807, 2.05) is 0 Å². The van der Waals surface area contributed by atoms with E-state index in [2.05, 4.69) is 10.1 Å². The fraction of sp³-hybridized carbons (Fsp3) is 0.611. The fourth-order valence-corrected chi connectivity index (χ4v) is 3.09. The van der Waals surface area contributed by atoms with Crippen LogP contribution in [0.1, 0.15) is 37.2 Å². The second kappa shape index (κ2) is 9.37. The number of hydrogen-bond donors (Lipinski definition) is 1. The Hall–Kier alpha value is -1.60. The van der Waals surface area contributed by atoms with E-state index in [1.165, 1.54) is 13.2 Å². The highest BCUT2D eigenvalue weighted by molar-refractivity contribution is 5.85. The number of nitrogens with one attached hydrogen (secondary N) is 1. The van der Waals surface area contributed by atoms with Crippen molar-refractivity contribution >= 4 is 18.4 Å². The van der Waals surface area contributed by atoms with Gasteiger partial charge in [0.1, 0.15) is 0 Å². The van der Waals surface area contributed by atoms with Gasteiger partial charge in [-0.2, -0.15) is 8.78 Å². The molecule has 1 N–H and O–H groups in total. The second-order valence-corrected chi connectivity index (χ2v) is 6.66. The molecule has 2 atom stereocenters. The lowest BCUT2D eigenvalue weighted by Crippen LogP contribution is -2.24. The summed E-state index contributed by atoms with van der Waals surface area (Å²) in [6.45, 7) is -1.64. The molecule has 1 heterocycles. The van der Waals surface area contributed by atoms with Crippen molar-refractivity contribution < 1.29 is 27.8 Å². The monoisotopic (exact) mass is 391 g/mol. The smallest absolute Gasteiger partial charge is 0.387 e. The molecule has 1 aromatic rings. The number of rotatable bonds is 8. The summed E-state index contributed by atoms with van der Waals surface area (Å²) >= 11 is 0. The Balaban J connectivity index is 0.00000243. The van der Waals surface area contributed by atoms with Gasteiger partial charge in [0.15, 0.2) is 11.5 Å². The molecule has 1 unspecified atom stereocenters. The molecule has 1 saturated carbocycles. The van der Waals surface area contributed by atoms with E-state index in [0.717, 1.165) is 31.4 Å². The molecular weight excluding hydrogens is 368 g/mol. The average Bonchev–Trinajstić information content (AvgIpc) is 3.31. The first-order valence-corrected chi connectivity index (χ1v) is 8.57. The summed E-state index contributed by atoms with van der Waals surface area (Å²) in [5.41, 5.74) is 0.993. The summed E-state index contributed by atoms with van der Waals surface area (Å²) in [6, 6.07) is 5.17. The molecule has 0 bridgehead atoms. The van der Waals surface area contributed by atoms with Crippen molar-refractivity contribution in [1.82, 2.24) is 5.32 Å². The summed E-state index contributed by atoms with van der Waals surface area (Å²) in [6.07, 6.45) is 3.34. The van der Waals surface area contributed by atoms with E-state index in [0.29, 0.717) is 24.7 Å². The van der Waals surface area contributed by atoms with Gasteiger partial charge in [0, 0.05) is 12.6 Å². The van der Waals surface area contributed by atoms with E-state index in [9.17, 15) is 13.6 Å². The Kier molecular flexibility index (Phi) is 7.46. The number of esters is 1. The van der Waals surface area contributed by atoms with Crippen LogP contribution in [0.25, 0.3) is 0 Å². The van der Waals surface area contributed by atoms with Crippen molar-refractivity contribution in [3.63, 3.8) is 0 Å². The molecule has 0 spiro atoms. The minimum Gasteiger partial charge on any atom is -0.489 e. The van der Waals surface area contributed by atoms with Crippen LogP contribution in [0.4, 0.5) is 8.78 Å². The Bertz CT molecular complexity index is 613. The van der Waals surface area contributed by atoms with Gasteiger partial charge in [-0.05, 0) is 48.8 Å². The highest BCUT2D eigenvalue weighted by atomic mass is 35.5. The largest absolute Gasteiger partial charge is 0.489 e. The number of benzene rings is 1. The molecule has 1 saturated heterocycles. The minimum absolute atomic E-state index is 0. The third kappa shape index (κ3) is 5.71. The zero-order valence-electron chi connectivity index (χ0n) is 14.6. The van der Waals surface area contributed by atoms with Crippen LogP contribution in [0.3, 0.4) is 0 Å². The number of alkyl halides is 2. The maximum Gasteiger partial charge on any atom is 0.387 e. The summed E-state index contributed by atoms with van der Waals surface area (Å²) < 4.78 is 40.2. The summed E-state index contributed by atoms with van der Waals surface area (Å²) in [5.74, 6) is 0.893. The lowest BCUT2D eigenvalue weighted by molar-refractivity contribution is -0.141. The van der Waals surface area contributed by atoms with Crippen LogP contribution in [0.2, 0.25) is 0 Å². The van der Waals surface area contributed by atoms with Gasteiger partial charge in [-0.1, -0.05) is 6.07 Å². The van der Waals surface area contributed by atoms with E-state index in [-0.39, 0.29) is 36.1 Å². The Morgan fingerprint density at radius 2 is 2.08 bits per heavy atom. The number of methoxy groups -OCH3 is 1. The highest BCUT2D eigenvalue weighted by Crippen LogP contribution is 2.37. The second-order valence-electron chi connectivity index (χ2n) is 6.66. The average molecular weight is 392 g/mol. The van der Waals surface area contributed by atoms with E-state index in [1.54, 1.807) is 12.1 Å². The van der Waals surface area contributed by atoms with Crippen molar-refractivity contribution in [3.8, 4) is 11.5 Å². The molecule has 5 nitrogen and oxygen atoms in total. The topological polar surface area (TPSA) is 56.8 Å². The minimum atomic E-state index is -2.88. The third-order valence-corrected chi connectivity index (χ3v) is 4.69. The third-order valence-electron chi connectivity index (χ3n) is 4.69. The van der Waals surface area contributed by atoms with Gasteiger partial charge in [0.05, 0.1) is 20.1 Å². The van der Waals surface area contributed by atoms with Crippen molar-refractivity contribution in [2.75, 3.05) is 20.3 Å². The van der Waals surface area contributed by atoms with Gasteiger partial charge >= 0.3 is 12.6 Å². The number of hydrogen-bond acceptors (Lipinski definition) is 5. The normalized spacial score (nSPS) is 22.0. The number of halogens is 3. The predicted octanol–water partition coefficient (Wildman–Crippen LogP) is 3.51. The lowest BCUT2D eigenvalue weighted by atomic mass is 9.95. The maximum atomic E-state index is 12.6. The van der Waals surface area contributed by atoms with Crippen LogP contribution >= 0.6 is 12.4 Å². The molecule has 8 heteroatoms. The molecule has 1 aliphatic heterocycles. The van der Waals surface area contributed by atoms with Gasteiger partial charge in [0.25, 0.3) is 0 Å². The van der Waals surface area contributed by atoms with Crippen LogP contribution < -0.4 is 14.8 Å². The zero-order chi connectivity index (χ0) is 17.8. The van der Waals surface area contributed by atoms with Gasteiger partial charge in [-0.25, -0.2) is 0 Å². The van der Waals surface area contributed by atoms with Crippen molar-refractivity contribution in [2.24, 2.45) is 5.92 Å². The van der Waals surface area contributed by atoms with Crippen LogP contribution in [0.15, 0.2) is 18.2 Å². The number of carbonyl (C=O) groups excluding carboxylic acids is 1. The lowest BCUT2D eigenvalue weighted by Gasteiger charge is -2.16. The first-order chi connectivity index (χ1) is 12.0. The molecule has 0 amide bonds. The highest BCUT2D eigenvalue weighted by Gasteiger charge is 2.28. The molecule has 26 heavy (non-hydrogen) atoms. The van der Waals surface area contributed by atoms with Gasteiger partial charge in [-0.15, -0.1) is 12.4 Å². The quantitative estimate of drug-likeness (QED) is 0.687. The summed E-state index contributed by atoms with van der Waals surface area (Å²) in [7, 11) is 1.37. The number of carbonyl (C=O) groups is 1. The first kappa shape index (κ1) is 20.7. The fourth-order valence-electron chi connectivity index (χ4n) is 3.09. The van der Waals surface area contributed by atoms with E-state index >= 15 is 0 Å². The molecule has 1 aromatic carbocycles. The maximum absolute atomic E-state index is 12.6. The number of ether oxygens (including phenoxy) is 3. The molecule has 1 aliphatic carbocycles. The Morgan fingerprint density at radius 3 is 2.73 bits per heavy atom. The predicted molar refractivity (Wildman–Crippen MR) is 94.3 cm³/mol. The van der Waals surface area contributed by atoms with Gasteiger partial charge in [-0.3, -0.25) is 4.79 Å². The van der Waals surface area contributed by atoms with Gasteiger partial charge < -0.3 is 19.5 Å². The van der Waals surface area contributed by atoms with Crippen molar-refractivity contribution in [3.05, 3.63) is 23.8 Å². The van der Waals surface area contributed by atoms with E-state index < -0.39 is 6.61 Å². The molecule has 0 radical (unpaired) electrons. The molecule has 2 fully saturated rings. The summed E-state index contributed by atoms with van der Waals surface area (Å²) in [5, 5.41) is 3.30. The SMILES string of the molecule is COC(=O)C[C@@H]1CC(c2ccc(OC(F)F)c(OCC3CC3)c2)CN1.Cl. The molecule has 0 aromatic heterocycles. The van der Waals surface area contributed by atoms with Crippen molar-refractivity contribution in [1.29, 1.82) is 0 Å². The van der Waals surface area contributed by atoms with Gasteiger partial charge in [0.2, 0.25) is 0 Å².